The fourth-order valence-corrected chi connectivity index (χ4v) is 2.93. The summed E-state index contributed by atoms with van der Waals surface area (Å²) in [5.41, 5.74) is 1.22. The maximum atomic E-state index is 12.2. The number of hydrogen-bond acceptors (Lipinski definition) is 3. The average molecular weight is 325 g/mol. The zero-order valence-corrected chi connectivity index (χ0v) is 13.9. The highest BCUT2D eigenvalue weighted by molar-refractivity contribution is 6.30. The largest absolute Gasteiger partial charge is 0.392 e. The Morgan fingerprint density at radius 1 is 1.23 bits per heavy atom. The van der Waals surface area contributed by atoms with Crippen molar-refractivity contribution in [2.45, 2.75) is 32.3 Å². The minimum absolute atomic E-state index is 0.241. The lowest BCUT2D eigenvalue weighted by atomic mass is 10.1. The van der Waals surface area contributed by atoms with Crippen molar-refractivity contribution < 1.29 is 9.90 Å². The van der Waals surface area contributed by atoms with Gasteiger partial charge in [-0.2, -0.15) is 0 Å². The summed E-state index contributed by atoms with van der Waals surface area (Å²) in [6.07, 6.45) is 2.07. The van der Waals surface area contributed by atoms with Gasteiger partial charge in [-0.25, -0.2) is 0 Å². The SMILES string of the molecule is C[C@H](O)CN1CCN(C(=O)CCCc2ccc(Cl)cc2)CC1. The fraction of sp³-hybridized carbons (Fsp3) is 0.588. The van der Waals surface area contributed by atoms with Crippen LogP contribution in [0.2, 0.25) is 5.02 Å². The summed E-state index contributed by atoms with van der Waals surface area (Å²) in [4.78, 5) is 16.4. The molecule has 2 rings (SSSR count). The van der Waals surface area contributed by atoms with E-state index in [0.717, 1.165) is 44.0 Å². The van der Waals surface area contributed by atoms with E-state index < -0.39 is 0 Å². The Kier molecular flexibility index (Phi) is 6.68. The van der Waals surface area contributed by atoms with Crippen LogP contribution in [0.25, 0.3) is 0 Å². The number of carbonyl (C=O) groups excluding carboxylic acids is 1. The Balaban J connectivity index is 1.67. The second-order valence-electron chi connectivity index (χ2n) is 6.01. The van der Waals surface area contributed by atoms with Crippen molar-refractivity contribution in [1.82, 2.24) is 9.80 Å². The first-order valence-electron chi connectivity index (χ1n) is 7.97. The van der Waals surface area contributed by atoms with E-state index in [1.165, 1.54) is 5.56 Å². The van der Waals surface area contributed by atoms with Crippen LogP contribution in [0.4, 0.5) is 0 Å². The number of carbonyl (C=O) groups is 1. The molecule has 0 spiro atoms. The molecule has 122 valence electrons. The normalized spacial score (nSPS) is 17.5. The number of nitrogens with zero attached hydrogens (tertiary/aromatic N) is 2. The van der Waals surface area contributed by atoms with Crippen LogP contribution in [-0.4, -0.2) is 59.6 Å². The van der Waals surface area contributed by atoms with Crippen LogP contribution in [0.15, 0.2) is 24.3 Å². The van der Waals surface area contributed by atoms with Gasteiger partial charge in [-0.15, -0.1) is 0 Å². The van der Waals surface area contributed by atoms with Crippen LogP contribution >= 0.6 is 11.6 Å². The number of rotatable bonds is 6. The van der Waals surface area contributed by atoms with Gasteiger partial charge in [0.1, 0.15) is 0 Å². The Labute approximate surface area is 137 Å². The lowest BCUT2D eigenvalue weighted by Gasteiger charge is -2.35. The Morgan fingerprint density at radius 2 is 1.86 bits per heavy atom. The van der Waals surface area contributed by atoms with Crippen LogP contribution in [0.3, 0.4) is 0 Å². The number of piperazine rings is 1. The summed E-state index contributed by atoms with van der Waals surface area (Å²) >= 11 is 5.86. The number of halogens is 1. The molecule has 1 aliphatic heterocycles. The van der Waals surface area contributed by atoms with E-state index in [4.69, 9.17) is 11.6 Å². The Hall–Kier alpha value is -1.10. The predicted octanol–water partition coefficient (Wildman–Crippen LogP) is 2.19. The first-order valence-corrected chi connectivity index (χ1v) is 8.35. The molecule has 1 saturated heterocycles. The first kappa shape index (κ1) is 17.3. The van der Waals surface area contributed by atoms with Crippen LogP contribution in [-0.2, 0) is 11.2 Å². The van der Waals surface area contributed by atoms with E-state index in [2.05, 4.69) is 4.90 Å². The van der Waals surface area contributed by atoms with E-state index >= 15 is 0 Å². The van der Waals surface area contributed by atoms with Gasteiger partial charge in [0.15, 0.2) is 0 Å². The minimum Gasteiger partial charge on any atom is -0.392 e. The van der Waals surface area contributed by atoms with Crippen LogP contribution in [0.1, 0.15) is 25.3 Å². The maximum Gasteiger partial charge on any atom is 0.222 e. The molecule has 4 nitrogen and oxygen atoms in total. The molecule has 1 aromatic rings. The molecular weight excluding hydrogens is 300 g/mol. The number of benzene rings is 1. The number of aliphatic hydroxyl groups excluding tert-OH is 1. The van der Waals surface area contributed by atoms with Crippen molar-refractivity contribution >= 4 is 17.5 Å². The monoisotopic (exact) mass is 324 g/mol. The molecule has 1 atom stereocenters. The van der Waals surface area contributed by atoms with E-state index in [1.54, 1.807) is 6.92 Å². The van der Waals surface area contributed by atoms with Gasteiger partial charge in [0.25, 0.3) is 0 Å². The van der Waals surface area contributed by atoms with Gasteiger partial charge in [-0.1, -0.05) is 23.7 Å². The van der Waals surface area contributed by atoms with Crippen molar-refractivity contribution in [3.05, 3.63) is 34.9 Å². The quantitative estimate of drug-likeness (QED) is 0.872. The van der Waals surface area contributed by atoms with Gasteiger partial charge >= 0.3 is 0 Å². The van der Waals surface area contributed by atoms with Gasteiger partial charge in [0.05, 0.1) is 6.10 Å². The molecule has 0 saturated carbocycles. The topological polar surface area (TPSA) is 43.8 Å². The summed E-state index contributed by atoms with van der Waals surface area (Å²) < 4.78 is 0. The fourth-order valence-electron chi connectivity index (χ4n) is 2.81. The van der Waals surface area contributed by atoms with E-state index in [0.29, 0.717) is 13.0 Å². The molecule has 0 aromatic heterocycles. The summed E-state index contributed by atoms with van der Waals surface area (Å²) in [6.45, 7) is 5.74. The van der Waals surface area contributed by atoms with Crippen molar-refractivity contribution in [2.24, 2.45) is 0 Å². The zero-order valence-electron chi connectivity index (χ0n) is 13.2. The molecule has 0 aliphatic carbocycles. The molecule has 1 fully saturated rings. The van der Waals surface area contributed by atoms with Gasteiger partial charge in [0, 0.05) is 44.2 Å². The predicted molar refractivity (Wildman–Crippen MR) is 89.1 cm³/mol. The molecule has 22 heavy (non-hydrogen) atoms. The van der Waals surface area contributed by atoms with Gasteiger partial charge in [0.2, 0.25) is 5.91 Å². The summed E-state index contributed by atoms with van der Waals surface area (Å²) in [6, 6.07) is 7.81. The number of aryl methyl sites for hydroxylation is 1. The van der Waals surface area contributed by atoms with Gasteiger partial charge in [-0.05, 0) is 37.5 Å². The number of β-amino-alcohol motifs (C(OH)–C–C–N with tert-alkyl or cyclic N) is 1. The molecular formula is C17H25ClN2O2. The second-order valence-corrected chi connectivity index (χ2v) is 6.45. The van der Waals surface area contributed by atoms with Gasteiger partial charge < -0.3 is 10.0 Å². The zero-order chi connectivity index (χ0) is 15.9. The van der Waals surface area contributed by atoms with Crippen LogP contribution < -0.4 is 0 Å². The lowest BCUT2D eigenvalue weighted by Crippen LogP contribution is -2.50. The lowest BCUT2D eigenvalue weighted by molar-refractivity contribution is -0.133. The van der Waals surface area contributed by atoms with Crippen molar-refractivity contribution in [3.63, 3.8) is 0 Å². The van der Waals surface area contributed by atoms with Crippen molar-refractivity contribution in [2.75, 3.05) is 32.7 Å². The molecule has 0 bridgehead atoms. The molecule has 0 unspecified atom stereocenters. The summed E-state index contributed by atoms with van der Waals surface area (Å²) in [5.74, 6) is 0.241. The Morgan fingerprint density at radius 3 is 2.45 bits per heavy atom. The van der Waals surface area contributed by atoms with Gasteiger partial charge in [-0.3, -0.25) is 9.69 Å². The smallest absolute Gasteiger partial charge is 0.222 e. The minimum atomic E-state index is -0.304. The molecule has 5 heteroatoms. The number of amides is 1. The maximum absolute atomic E-state index is 12.2. The number of hydrogen-bond donors (Lipinski definition) is 1. The second kappa shape index (κ2) is 8.51. The van der Waals surface area contributed by atoms with Crippen molar-refractivity contribution in [3.8, 4) is 0 Å². The van der Waals surface area contributed by atoms with Crippen LogP contribution in [0.5, 0.6) is 0 Å². The summed E-state index contributed by atoms with van der Waals surface area (Å²) in [7, 11) is 0. The molecule has 1 N–H and O–H groups in total. The highest BCUT2D eigenvalue weighted by Crippen LogP contribution is 2.12. The van der Waals surface area contributed by atoms with Crippen LogP contribution in [0, 0.1) is 0 Å². The molecule has 1 aliphatic rings. The third kappa shape index (κ3) is 5.59. The van der Waals surface area contributed by atoms with E-state index in [9.17, 15) is 9.90 Å². The highest BCUT2D eigenvalue weighted by Gasteiger charge is 2.21. The highest BCUT2D eigenvalue weighted by atomic mass is 35.5. The first-order chi connectivity index (χ1) is 10.5. The standard InChI is InChI=1S/C17H25ClN2O2/c1-14(21)13-19-9-11-20(12-10-19)17(22)4-2-3-15-5-7-16(18)8-6-15/h5-8,14,21H,2-4,9-13H2,1H3/t14-/m0/s1. The van der Waals surface area contributed by atoms with E-state index in [-0.39, 0.29) is 12.0 Å². The molecule has 1 heterocycles. The average Bonchev–Trinajstić information content (AvgIpc) is 2.49. The molecule has 1 aromatic carbocycles. The Bertz CT molecular complexity index is 468. The third-order valence-corrected chi connectivity index (χ3v) is 4.27. The van der Waals surface area contributed by atoms with E-state index in [1.807, 2.05) is 29.2 Å². The molecule has 1 amide bonds. The molecule has 0 radical (unpaired) electrons. The third-order valence-electron chi connectivity index (χ3n) is 4.02. The summed E-state index contributed by atoms with van der Waals surface area (Å²) in [5, 5.41) is 10.1. The number of aliphatic hydroxyl groups is 1. The van der Waals surface area contributed by atoms with Crippen molar-refractivity contribution in [1.29, 1.82) is 0 Å².